The summed E-state index contributed by atoms with van der Waals surface area (Å²) in [4.78, 5) is 14.3. The number of anilines is 1. The number of carboxylic acids is 1. The topological polar surface area (TPSA) is 117 Å². The standard InChI is InChI=1S/C12H9FN2O5S/c13-8-4-2-6-14-11(8)21(19,20)15-9-5-1-3-7(10(9)16)12(17)18/h1-6,15-16H,(H,17,18). The van der Waals surface area contributed by atoms with Crippen molar-refractivity contribution in [2.24, 2.45) is 0 Å². The molecule has 0 aliphatic rings. The van der Waals surface area contributed by atoms with Crippen LogP contribution in [-0.4, -0.2) is 29.6 Å². The van der Waals surface area contributed by atoms with E-state index in [9.17, 15) is 22.7 Å². The van der Waals surface area contributed by atoms with E-state index in [2.05, 4.69) is 4.98 Å². The molecule has 0 radical (unpaired) electrons. The molecule has 0 fully saturated rings. The van der Waals surface area contributed by atoms with Crippen molar-refractivity contribution in [3.05, 3.63) is 47.9 Å². The molecule has 0 bridgehead atoms. The SMILES string of the molecule is O=C(O)c1cccc(NS(=O)(=O)c2ncccc2F)c1O. The van der Waals surface area contributed by atoms with Gasteiger partial charge in [0, 0.05) is 6.20 Å². The van der Waals surface area contributed by atoms with E-state index < -0.39 is 38.1 Å². The van der Waals surface area contributed by atoms with Crippen molar-refractivity contribution in [1.82, 2.24) is 4.98 Å². The van der Waals surface area contributed by atoms with Crippen molar-refractivity contribution in [2.75, 3.05) is 4.72 Å². The fraction of sp³-hybridized carbons (Fsp3) is 0. The first-order chi connectivity index (χ1) is 9.83. The molecule has 0 amide bonds. The van der Waals surface area contributed by atoms with Crippen LogP contribution in [0.5, 0.6) is 5.75 Å². The molecule has 0 saturated heterocycles. The van der Waals surface area contributed by atoms with Crippen LogP contribution in [0.25, 0.3) is 0 Å². The molecule has 2 rings (SSSR count). The number of aromatic carboxylic acids is 1. The molecular formula is C12H9FN2O5S. The molecule has 9 heteroatoms. The summed E-state index contributed by atoms with van der Waals surface area (Å²) in [6, 6.07) is 5.60. The second-order valence-corrected chi connectivity index (χ2v) is 5.50. The molecule has 0 unspecified atom stereocenters. The molecular weight excluding hydrogens is 303 g/mol. The van der Waals surface area contributed by atoms with Gasteiger partial charge in [-0.05, 0) is 24.3 Å². The number of nitrogens with zero attached hydrogens (tertiary/aromatic N) is 1. The Labute approximate surface area is 118 Å². The molecule has 0 aliphatic carbocycles. The lowest BCUT2D eigenvalue weighted by Gasteiger charge is -2.10. The molecule has 110 valence electrons. The predicted octanol–water partition coefficient (Wildman–Crippen LogP) is 1.43. The predicted molar refractivity (Wildman–Crippen MR) is 70.1 cm³/mol. The van der Waals surface area contributed by atoms with E-state index in [1.165, 1.54) is 12.1 Å². The molecule has 2 aromatic rings. The van der Waals surface area contributed by atoms with Crippen molar-refractivity contribution < 1.29 is 27.8 Å². The molecule has 0 spiro atoms. The number of hydrogen-bond donors (Lipinski definition) is 3. The molecule has 21 heavy (non-hydrogen) atoms. The number of aromatic nitrogens is 1. The van der Waals surface area contributed by atoms with Gasteiger partial charge in [0.05, 0.1) is 5.69 Å². The fourth-order valence-electron chi connectivity index (χ4n) is 1.56. The van der Waals surface area contributed by atoms with Crippen LogP contribution in [0.3, 0.4) is 0 Å². The minimum Gasteiger partial charge on any atom is -0.505 e. The average molecular weight is 312 g/mol. The lowest BCUT2D eigenvalue weighted by atomic mass is 10.2. The summed E-state index contributed by atoms with van der Waals surface area (Å²) in [6.07, 6.45) is 1.09. The summed E-state index contributed by atoms with van der Waals surface area (Å²) >= 11 is 0. The highest BCUT2D eigenvalue weighted by molar-refractivity contribution is 7.92. The molecule has 7 nitrogen and oxygen atoms in total. The van der Waals surface area contributed by atoms with Crippen LogP contribution in [0.15, 0.2) is 41.6 Å². The number of para-hydroxylation sites is 1. The number of rotatable bonds is 4. The normalized spacial score (nSPS) is 11.1. The number of benzene rings is 1. The van der Waals surface area contributed by atoms with Crippen LogP contribution < -0.4 is 4.72 Å². The minimum absolute atomic E-state index is 0.389. The second-order valence-electron chi connectivity index (χ2n) is 3.90. The Bertz CT molecular complexity index is 807. The minimum atomic E-state index is -4.40. The zero-order chi connectivity index (χ0) is 15.6. The van der Waals surface area contributed by atoms with Gasteiger partial charge in [-0.1, -0.05) is 6.07 Å². The molecule has 0 atom stereocenters. The van der Waals surface area contributed by atoms with Crippen LogP contribution >= 0.6 is 0 Å². The monoisotopic (exact) mass is 312 g/mol. The van der Waals surface area contributed by atoms with E-state index in [4.69, 9.17) is 5.11 Å². The first-order valence-corrected chi connectivity index (χ1v) is 7.00. The van der Waals surface area contributed by atoms with Crippen molar-refractivity contribution in [1.29, 1.82) is 0 Å². The summed E-state index contributed by atoms with van der Waals surface area (Å²) < 4.78 is 39.3. The van der Waals surface area contributed by atoms with Gasteiger partial charge in [0.15, 0.2) is 11.6 Å². The number of phenols is 1. The van der Waals surface area contributed by atoms with Crippen LogP contribution in [0.2, 0.25) is 0 Å². The summed E-state index contributed by atoms with van der Waals surface area (Å²) in [5.74, 6) is -3.28. The van der Waals surface area contributed by atoms with Gasteiger partial charge in [-0.2, -0.15) is 8.42 Å². The van der Waals surface area contributed by atoms with Gasteiger partial charge < -0.3 is 10.2 Å². The van der Waals surface area contributed by atoms with Crippen molar-refractivity contribution in [3.8, 4) is 5.75 Å². The Hall–Kier alpha value is -2.68. The quantitative estimate of drug-likeness (QED) is 0.735. The largest absolute Gasteiger partial charge is 0.505 e. The van der Waals surface area contributed by atoms with Crippen LogP contribution in [0, 0.1) is 5.82 Å². The van der Waals surface area contributed by atoms with Crippen molar-refractivity contribution >= 4 is 21.7 Å². The molecule has 1 heterocycles. The number of pyridine rings is 1. The Kier molecular flexibility index (Phi) is 3.76. The highest BCUT2D eigenvalue weighted by Crippen LogP contribution is 2.29. The maximum absolute atomic E-state index is 13.5. The lowest BCUT2D eigenvalue weighted by Crippen LogP contribution is -2.16. The molecule has 0 aliphatic heterocycles. The third-order valence-electron chi connectivity index (χ3n) is 2.49. The Morgan fingerprint density at radius 2 is 1.95 bits per heavy atom. The Balaban J connectivity index is 2.45. The van der Waals surface area contributed by atoms with Gasteiger partial charge in [0.2, 0.25) is 5.03 Å². The number of halogens is 1. The Morgan fingerprint density at radius 1 is 1.24 bits per heavy atom. The van der Waals surface area contributed by atoms with E-state index in [0.29, 0.717) is 0 Å². The molecule has 3 N–H and O–H groups in total. The first-order valence-electron chi connectivity index (χ1n) is 5.51. The van der Waals surface area contributed by atoms with Crippen molar-refractivity contribution in [3.63, 3.8) is 0 Å². The van der Waals surface area contributed by atoms with E-state index in [1.54, 1.807) is 0 Å². The van der Waals surface area contributed by atoms with Gasteiger partial charge in [-0.3, -0.25) is 4.72 Å². The number of sulfonamides is 1. The number of carboxylic acid groups (broad SMARTS) is 1. The smallest absolute Gasteiger partial charge is 0.339 e. The summed E-state index contributed by atoms with van der Waals surface area (Å²) in [6.45, 7) is 0. The lowest BCUT2D eigenvalue weighted by molar-refractivity contribution is 0.0694. The van der Waals surface area contributed by atoms with Crippen LogP contribution in [0.4, 0.5) is 10.1 Å². The first kappa shape index (κ1) is 14.7. The number of carbonyl (C=O) groups is 1. The fourth-order valence-corrected chi connectivity index (χ4v) is 2.64. The molecule has 0 saturated carbocycles. The third kappa shape index (κ3) is 2.92. The average Bonchev–Trinajstić information content (AvgIpc) is 2.41. The van der Waals surface area contributed by atoms with Gasteiger partial charge in [-0.25, -0.2) is 14.2 Å². The summed E-state index contributed by atoms with van der Waals surface area (Å²) in [7, 11) is -4.40. The van der Waals surface area contributed by atoms with E-state index >= 15 is 0 Å². The highest BCUT2D eigenvalue weighted by Gasteiger charge is 2.23. The van der Waals surface area contributed by atoms with E-state index in [0.717, 1.165) is 24.4 Å². The highest BCUT2D eigenvalue weighted by atomic mass is 32.2. The number of aromatic hydroxyl groups is 1. The van der Waals surface area contributed by atoms with Crippen LogP contribution in [0.1, 0.15) is 10.4 Å². The zero-order valence-electron chi connectivity index (χ0n) is 10.3. The number of hydrogen-bond acceptors (Lipinski definition) is 5. The van der Waals surface area contributed by atoms with Crippen LogP contribution in [-0.2, 0) is 10.0 Å². The van der Waals surface area contributed by atoms with Gasteiger partial charge in [-0.15, -0.1) is 0 Å². The summed E-state index contributed by atoms with van der Waals surface area (Å²) in [5, 5.41) is 17.7. The molecule has 1 aromatic heterocycles. The van der Waals surface area contributed by atoms with E-state index in [-0.39, 0.29) is 5.69 Å². The maximum Gasteiger partial charge on any atom is 0.339 e. The maximum atomic E-state index is 13.5. The second kappa shape index (κ2) is 5.37. The van der Waals surface area contributed by atoms with Gasteiger partial charge in [0.1, 0.15) is 5.56 Å². The zero-order valence-corrected chi connectivity index (χ0v) is 11.1. The third-order valence-corrected chi connectivity index (χ3v) is 3.79. The van der Waals surface area contributed by atoms with Gasteiger partial charge >= 0.3 is 5.97 Å². The summed E-state index contributed by atoms with van der Waals surface area (Å²) in [5.41, 5.74) is -0.878. The van der Waals surface area contributed by atoms with Gasteiger partial charge in [0.25, 0.3) is 10.0 Å². The number of nitrogens with one attached hydrogen (secondary N) is 1. The van der Waals surface area contributed by atoms with E-state index in [1.807, 2.05) is 4.72 Å². The Morgan fingerprint density at radius 3 is 2.57 bits per heavy atom. The molecule has 1 aromatic carbocycles. The van der Waals surface area contributed by atoms with Crippen molar-refractivity contribution in [2.45, 2.75) is 5.03 Å².